The number of likely N-dealkylation sites (tertiary alicyclic amines) is 1. The molecule has 2 aliphatic rings. The lowest BCUT2D eigenvalue weighted by molar-refractivity contribution is 0.145. The molecule has 3 rings (SSSR count). The minimum absolute atomic E-state index is 0.478. The molecule has 4 heteroatoms. The van der Waals surface area contributed by atoms with Crippen LogP contribution in [0.2, 0.25) is 0 Å². The van der Waals surface area contributed by atoms with E-state index < -0.39 is 0 Å². The summed E-state index contributed by atoms with van der Waals surface area (Å²) in [6, 6.07) is 12.0. The molecule has 2 fully saturated rings. The van der Waals surface area contributed by atoms with Crippen molar-refractivity contribution in [1.82, 2.24) is 10.2 Å². The molecule has 1 aromatic rings. The fourth-order valence-electron chi connectivity index (χ4n) is 3.75. The molecule has 2 saturated heterocycles. The maximum Gasteiger partial charge on any atom is 0.0507 e. The van der Waals surface area contributed by atoms with E-state index in [0.717, 1.165) is 24.9 Å². The first-order valence-electron chi connectivity index (χ1n) is 8.95. The molecule has 0 aliphatic carbocycles. The summed E-state index contributed by atoms with van der Waals surface area (Å²) in [4.78, 5) is 2.64. The molecule has 0 radical (unpaired) electrons. The van der Waals surface area contributed by atoms with Gasteiger partial charge in [-0.1, -0.05) is 30.3 Å². The Balaban J connectivity index is 1.46. The largest absolute Gasteiger partial charge is 0.381 e. The van der Waals surface area contributed by atoms with Crippen molar-refractivity contribution in [3.05, 3.63) is 35.9 Å². The quantitative estimate of drug-likeness (QED) is 0.828. The Bertz CT molecular complexity index is 442. The van der Waals surface area contributed by atoms with Gasteiger partial charge in [0.05, 0.1) is 6.61 Å². The first-order chi connectivity index (χ1) is 11.3. The van der Waals surface area contributed by atoms with Crippen LogP contribution >= 0.6 is 11.8 Å². The van der Waals surface area contributed by atoms with E-state index in [-0.39, 0.29) is 0 Å². The van der Waals surface area contributed by atoms with Crippen molar-refractivity contribution in [3.63, 3.8) is 0 Å². The first-order valence-corrected chi connectivity index (χ1v) is 10.3. The minimum Gasteiger partial charge on any atom is -0.381 e. The Morgan fingerprint density at radius 1 is 1.22 bits per heavy atom. The van der Waals surface area contributed by atoms with Gasteiger partial charge in [-0.3, -0.25) is 0 Å². The van der Waals surface area contributed by atoms with E-state index in [2.05, 4.69) is 46.8 Å². The summed E-state index contributed by atoms with van der Waals surface area (Å²) in [6.45, 7) is 5.64. The lowest BCUT2D eigenvalue weighted by Gasteiger charge is -2.35. The molecule has 2 heterocycles. The van der Waals surface area contributed by atoms with Crippen molar-refractivity contribution in [2.45, 2.75) is 31.3 Å². The van der Waals surface area contributed by atoms with Crippen LogP contribution in [-0.4, -0.2) is 55.8 Å². The number of thioether (sulfide) groups is 1. The van der Waals surface area contributed by atoms with Crippen LogP contribution in [0.5, 0.6) is 0 Å². The lowest BCUT2D eigenvalue weighted by atomic mass is 10.00. The van der Waals surface area contributed by atoms with Gasteiger partial charge in [-0.25, -0.2) is 0 Å². The van der Waals surface area contributed by atoms with Crippen LogP contribution in [-0.2, 0) is 4.74 Å². The van der Waals surface area contributed by atoms with Crippen molar-refractivity contribution in [1.29, 1.82) is 0 Å². The predicted molar refractivity (Wildman–Crippen MR) is 99.1 cm³/mol. The zero-order valence-corrected chi connectivity index (χ0v) is 15.1. The number of piperidine rings is 1. The van der Waals surface area contributed by atoms with Crippen molar-refractivity contribution in [3.8, 4) is 0 Å². The van der Waals surface area contributed by atoms with E-state index in [9.17, 15) is 0 Å². The van der Waals surface area contributed by atoms with E-state index in [1.54, 1.807) is 0 Å². The Labute approximate surface area is 145 Å². The Morgan fingerprint density at radius 2 is 2.00 bits per heavy atom. The number of hydrogen-bond acceptors (Lipinski definition) is 4. The summed E-state index contributed by atoms with van der Waals surface area (Å²) in [5.74, 6) is 1.91. The molecule has 0 saturated carbocycles. The highest BCUT2D eigenvalue weighted by molar-refractivity contribution is 7.98. The number of nitrogens with zero attached hydrogens (tertiary/aromatic N) is 1. The Morgan fingerprint density at radius 3 is 2.65 bits per heavy atom. The number of rotatable bonds is 7. The van der Waals surface area contributed by atoms with Crippen LogP contribution in [0, 0.1) is 5.92 Å². The highest BCUT2D eigenvalue weighted by Gasteiger charge is 2.25. The molecular weight excluding hydrogens is 304 g/mol. The van der Waals surface area contributed by atoms with Crippen LogP contribution in [0.4, 0.5) is 0 Å². The van der Waals surface area contributed by atoms with Crippen molar-refractivity contribution < 1.29 is 4.74 Å². The summed E-state index contributed by atoms with van der Waals surface area (Å²) < 4.78 is 5.51. The Hall–Kier alpha value is -0.550. The topological polar surface area (TPSA) is 24.5 Å². The molecule has 1 aromatic carbocycles. The minimum atomic E-state index is 0.478. The van der Waals surface area contributed by atoms with Gasteiger partial charge < -0.3 is 15.0 Å². The maximum absolute atomic E-state index is 5.51. The van der Waals surface area contributed by atoms with Crippen LogP contribution in [0.3, 0.4) is 0 Å². The predicted octanol–water partition coefficient (Wildman–Crippen LogP) is 3.18. The van der Waals surface area contributed by atoms with Gasteiger partial charge in [-0.2, -0.15) is 11.8 Å². The summed E-state index contributed by atoms with van der Waals surface area (Å²) >= 11 is 1.93. The van der Waals surface area contributed by atoms with Crippen molar-refractivity contribution in [2.75, 3.05) is 44.9 Å². The summed E-state index contributed by atoms with van der Waals surface area (Å²) in [6.07, 6.45) is 5.99. The highest BCUT2D eigenvalue weighted by atomic mass is 32.2. The summed E-state index contributed by atoms with van der Waals surface area (Å²) in [5, 5.41) is 3.92. The average molecular weight is 335 g/mol. The van der Waals surface area contributed by atoms with Gasteiger partial charge in [-0.05, 0) is 50.1 Å². The molecule has 2 unspecified atom stereocenters. The third-order valence-electron chi connectivity index (χ3n) is 5.10. The third kappa shape index (κ3) is 5.21. The van der Waals surface area contributed by atoms with Gasteiger partial charge in [0.15, 0.2) is 0 Å². The fraction of sp³-hybridized carbons (Fsp3) is 0.684. The number of hydrogen-bond donors (Lipinski definition) is 1. The van der Waals surface area contributed by atoms with E-state index in [0.29, 0.717) is 12.1 Å². The molecule has 0 spiro atoms. The van der Waals surface area contributed by atoms with Gasteiger partial charge in [0.2, 0.25) is 0 Å². The van der Waals surface area contributed by atoms with Crippen LogP contribution in [0.25, 0.3) is 0 Å². The second-order valence-electron chi connectivity index (χ2n) is 6.89. The fourth-order valence-corrected chi connectivity index (χ4v) is 4.37. The van der Waals surface area contributed by atoms with E-state index in [1.807, 2.05) is 11.8 Å². The van der Waals surface area contributed by atoms with Crippen LogP contribution in [0.15, 0.2) is 30.3 Å². The lowest BCUT2D eigenvalue weighted by Crippen LogP contribution is -2.45. The molecule has 2 atom stereocenters. The van der Waals surface area contributed by atoms with Gasteiger partial charge in [0.1, 0.15) is 0 Å². The van der Waals surface area contributed by atoms with E-state index >= 15 is 0 Å². The van der Waals surface area contributed by atoms with Crippen molar-refractivity contribution in [2.24, 2.45) is 5.92 Å². The number of benzene rings is 1. The van der Waals surface area contributed by atoms with Crippen LogP contribution < -0.4 is 5.32 Å². The molecule has 23 heavy (non-hydrogen) atoms. The second kappa shape index (κ2) is 9.07. The molecule has 0 aromatic heterocycles. The zero-order valence-electron chi connectivity index (χ0n) is 14.2. The third-order valence-corrected chi connectivity index (χ3v) is 5.77. The van der Waals surface area contributed by atoms with Crippen molar-refractivity contribution >= 4 is 11.8 Å². The van der Waals surface area contributed by atoms with E-state index in [1.165, 1.54) is 44.5 Å². The number of ether oxygens (including phenoxy) is 1. The SMILES string of the molecule is CSCC(NC1CCN(CC2CCOC2)CC1)c1ccccc1. The van der Waals surface area contributed by atoms with Gasteiger partial charge in [-0.15, -0.1) is 0 Å². The van der Waals surface area contributed by atoms with Gasteiger partial charge in [0.25, 0.3) is 0 Å². The standard InChI is InChI=1S/C19H30N2OS/c1-23-15-19(17-5-3-2-4-6-17)20-18-7-10-21(11-8-18)13-16-9-12-22-14-16/h2-6,16,18-20H,7-15H2,1H3. The van der Waals surface area contributed by atoms with E-state index in [4.69, 9.17) is 4.74 Å². The smallest absolute Gasteiger partial charge is 0.0507 e. The molecule has 0 amide bonds. The Kier molecular flexibility index (Phi) is 6.81. The number of nitrogens with one attached hydrogen (secondary N) is 1. The summed E-state index contributed by atoms with van der Waals surface area (Å²) in [5.41, 5.74) is 1.42. The second-order valence-corrected chi connectivity index (χ2v) is 7.80. The normalized spacial score (nSPS) is 24.8. The summed E-state index contributed by atoms with van der Waals surface area (Å²) in [7, 11) is 0. The van der Waals surface area contributed by atoms with Gasteiger partial charge >= 0.3 is 0 Å². The molecule has 0 bridgehead atoms. The zero-order chi connectivity index (χ0) is 15.9. The molecular formula is C19H30N2OS. The first kappa shape index (κ1) is 17.3. The van der Waals surface area contributed by atoms with Crippen LogP contribution in [0.1, 0.15) is 30.9 Å². The average Bonchev–Trinajstić information content (AvgIpc) is 3.10. The molecule has 1 N–H and O–H groups in total. The molecule has 3 nitrogen and oxygen atoms in total. The molecule has 2 aliphatic heterocycles. The van der Waals surface area contributed by atoms with Gasteiger partial charge in [0, 0.05) is 31.0 Å². The highest BCUT2D eigenvalue weighted by Crippen LogP contribution is 2.22. The monoisotopic (exact) mass is 334 g/mol. The maximum atomic E-state index is 5.51. The molecule has 128 valence electrons.